The summed E-state index contributed by atoms with van der Waals surface area (Å²) in [6, 6.07) is 4.99. The highest BCUT2D eigenvalue weighted by Crippen LogP contribution is 2.37. The Hall–Kier alpha value is -1.25. The Morgan fingerprint density at radius 1 is 1.62 bits per heavy atom. The maximum atomic E-state index is 9.69. The molecule has 0 bridgehead atoms. The monoisotopic (exact) mass is 284 g/mol. The zero-order chi connectivity index (χ0) is 12.1. The molecule has 4 nitrogen and oxygen atoms in total. The fourth-order valence-corrected chi connectivity index (χ4v) is 1.75. The van der Waals surface area contributed by atoms with E-state index in [1.165, 1.54) is 0 Å². The molecule has 0 spiro atoms. The van der Waals surface area contributed by atoms with E-state index in [2.05, 4.69) is 15.9 Å². The maximum absolute atomic E-state index is 9.69. The molecule has 3 N–H and O–H groups in total. The number of nitriles is 1. The van der Waals surface area contributed by atoms with E-state index in [0.717, 1.165) is 5.56 Å². The third-order valence-corrected chi connectivity index (χ3v) is 2.69. The Morgan fingerprint density at radius 3 is 2.88 bits per heavy atom. The topological polar surface area (TPSA) is 79.3 Å². The Balaban J connectivity index is 3.08. The van der Waals surface area contributed by atoms with Gasteiger partial charge in [-0.15, -0.1) is 0 Å². The van der Waals surface area contributed by atoms with E-state index in [1.54, 1.807) is 12.1 Å². The molecule has 0 aromatic heterocycles. The van der Waals surface area contributed by atoms with Gasteiger partial charge in [0.25, 0.3) is 0 Å². The first-order valence-electron chi connectivity index (χ1n) is 4.87. The van der Waals surface area contributed by atoms with Gasteiger partial charge in [0.2, 0.25) is 0 Å². The number of nitrogens with two attached hydrogens (primary N) is 1. The first kappa shape index (κ1) is 12.8. The number of halogens is 1. The first-order chi connectivity index (χ1) is 7.60. The molecule has 86 valence electrons. The van der Waals surface area contributed by atoms with E-state index < -0.39 is 0 Å². The van der Waals surface area contributed by atoms with E-state index in [0.29, 0.717) is 16.8 Å². The number of phenolic OH excluding ortho intramolecular Hbond substituents is 1. The lowest BCUT2D eigenvalue weighted by Crippen LogP contribution is -2.09. The van der Waals surface area contributed by atoms with Crippen LogP contribution in [0, 0.1) is 11.3 Å². The van der Waals surface area contributed by atoms with Gasteiger partial charge in [-0.3, -0.25) is 0 Å². The zero-order valence-electron chi connectivity index (χ0n) is 8.90. The largest absolute Gasteiger partial charge is 0.503 e. The van der Waals surface area contributed by atoms with Crippen molar-refractivity contribution in [1.82, 2.24) is 0 Å². The van der Waals surface area contributed by atoms with Crippen molar-refractivity contribution in [2.75, 3.05) is 6.61 Å². The number of ether oxygens (including phenoxy) is 1. The Labute approximate surface area is 103 Å². The van der Waals surface area contributed by atoms with Crippen LogP contribution in [0.3, 0.4) is 0 Å². The van der Waals surface area contributed by atoms with Gasteiger partial charge in [0.05, 0.1) is 23.6 Å². The molecule has 0 saturated heterocycles. The smallest absolute Gasteiger partial charge is 0.172 e. The molecule has 0 aliphatic carbocycles. The highest BCUT2D eigenvalue weighted by molar-refractivity contribution is 9.10. The van der Waals surface area contributed by atoms with E-state index in [9.17, 15) is 5.11 Å². The molecular formula is C11H13BrN2O2. The van der Waals surface area contributed by atoms with Gasteiger partial charge in [0, 0.05) is 6.04 Å². The van der Waals surface area contributed by atoms with Crippen molar-refractivity contribution in [3.63, 3.8) is 0 Å². The van der Waals surface area contributed by atoms with Crippen molar-refractivity contribution in [2.24, 2.45) is 5.73 Å². The Kier molecular flexibility index (Phi) is 4.59. The summed E-state index contributed by atoms with van der Waals surface area (Å²) in [4.78, 5) is 0. The van der Waals surface area contributed by atoms with Gasteiger partial charge in [-0.05, 0) is 40.5 Å². The number of rotatable bonds is 4. The van der Waals surface area contributed by atoms with Crippen LogP contribution >= 0.6 is 15.9 Å². The first-order valence-corrected chi connectivity index (χ1v) is 5.67. The summed E-state index contributed by atoms with van der Waals surface area (Å²) in [6.45, 7) is 2.28. The van der Waals surface area contributed by atoms with Gasteiger partial charge in [-0.2, -0.15) is 5.26 Å². The van der Waals surface area contributed by atoms with Crippen LogP contribution in [-0.2, 0) is 0 Å². The normalized spacial score (nSPS) is 11.9. The molecule has 0 radical (unpaired) electrons. The predicted octanol–water partition coefficient (Wildman–Crippen LogP) is 2.47. The molecule has 5 heteroatoms. The Morgan fingerprint density at radius 2 is 2.31 bits per heavy atom. The van der Waals surface area contributed by atoms with Crippen molar-refractivity contribution in [3.8, 4) is 17.6 Å². The van der Waals surface area contributed by atoms with Crippen molar-refractivity contribution >= 4 is 15.9 Å². The second-order valence-electron chi connectivity index (χ2n) is 3.25. The maximum Gasteiger partial charge on any atom is 0.172 e. The molecule has 0 heterocycles. The van der Waals surface area contributed by atoms with Crippen molar-refractivity contribution in [2.45, 2.75) is 19.4 Å². The van der Waals surface area contributed by atoms with Crippen LogP contribution in [0.2, 0.25) is 0 Å². The number of benzene rings is 1. The summed E-state index contributed by atoms with van der Waals surface area (Å²) in [5.74, 6) is 0.426. The van der Waals surface area contributed by atoms with Gasteiger partial charge in [-0.25, -0.2) is 0 Å². The fraction of sp³-hybridized carbons (Fsp3) is 0.364. The van der Waals surface area contributed by atoms with E-state index in [4.69, 9.17) is 15.7 Å². The lowest BCUT2D eigenvalue weighted by atomic mass is 10.0. The van der Waals surface area contributed by atoms with Crippen LogP contribution in [-0.4, -0.2) is 11.7 Å². The van der Waals surface area contributed by atoms with E-state index in [1.807, 2.05) is 13.0 Å². The summed E-state index contributed by atoms with van der Waals surface area (Å²) in [5, 5.41) is 18.3. The third kappa shape index (κ3) is 2.87. The number of hydrogen-bond donors (Lipinski definition) is 2. The van der Waals surface area contributed by atoms with E-state index in [-0.39, 0.29) is 18.2 Å². The SMILES string of the molecule is CCOc1cc([C@H](N)CC#N)cc(Br)c1O. The molecule has 0 fully saturated rings. The van der Waals surface area contributed by atoms with Crippen LogP contribution in [0.25, 0.3) is 0 Å². The minimum Gasteiger partial charge on any atom is -0.503 e. The van der Waals surface area contributed by atoms with Crippen molar-refractivity contribution in [1.29, 1.82) is 5.26 Å². The Bertz CT molecular complexity index is 415. The van der Waals surface area contributed by atoms with Gasteiger partial charge in [-0.1, -0.05) is 0 Å². The average molecular weight is 285 g/mol. The standard InChI is InChI=1S/C11H13BrN2O2/c1-2-16-10-6-7(9(14)3-4-13)5-8(12)11(10)15/h5-6,9,15H,2-3,14H2,1H3/t9-/m1/s1. The minimum absolute atomic E-state index is 0.0507. The van der Waals surface area contributed by atoms with Crippen LogP contribution < -0.4 is 10.5 Å². The molecule has 1 aromatic carbocycles. The summed E-state index contributed by atoms with van der Waals surface area (Å²) in [5.41, 5.74) is 6.57. The molecule has 0 amide bonds. The summed E-state index contributed by atoms with van der Waals surface area (Å²) in [6.07, 6.45) is 0.225. The van der Waals surface area contributed by atoms with Gasteiger partial charge in [0.15, 0.2) is 11.5 Å². The fourth-order valence-electron chi connectivity index (χ4n) is 1.29. The van der Waals surface area contributed by atoms with Gasteiger partial charge < -0.3 is 15.6 Å². The minimum atomic E-state index is -0.374. The predicted molar refractivity (Wildman–Crippen MR) is 64.1 cm³/mol. The molecule has 0 aliphatic heterocycles. The van der Waals surface area contributed by atoms with Crippen LogP contribution in [0.15, 0.2) is 16.6 Å². The lowest BCUT2D eigenvalue weighted by molar-refractivity contribution is 0.316. The number of aromatic hydroxyl groups is 1. The van der Waals surface area contributed by atoms with Crippen molar-refractivity contribution in [3.05, 3.63) is 22.2 Å². The molecule has 0 saturated carbocycles. The van der Waals surface area contributed by atoms with Crippen LogP contribution in [0.5, 0.6) is 11.5 Å². The molecule has 1 rings (SSSR count). The van der Waals surface area contributed by atoms with Crippen LogP contribution in [0.1, 0.15) is 24.9 Å². The molecule has 1 aromatic rings. The number of phenols is 1. The second kappa shape index (κ2) is 5.73. The second-order valence-corrected chi connectivity index (χ2v) is 4.11. The molecule has 1 atom stereocenters. The molecule has 16 heavy (non-hydrogen) atoms. The number of hydrogen-bond acceptors (Lipinski definition) is 4. The van der Waals surface area contributed by atoms with E-state index >= 15 is 0 Å². The molecule has 0 unspecified atom stereocenters. The van der Waals surface area contributed by atoms with Crippen molar-refractivity contribution < 1.29 is 9.84 Å². The third-order valence-electron chi connectivity index (χ3n) is 2.09. The highest BCUT2D eigenvalue weighted by Gasteiger charge is 2.13. The lowest BCUT2D eigenvalue weighted by Gasteiger charge is -2.13. The molecular weight excluding hydrogens is 272 g/mol. The zero-order valence-corrected chi connectivity index (χ0v) is 10.5. The van der Waals surface area contributed by atoms with Gasteiger partial charge >= 0.3 is 0 Å². The summed E-state index contributed by atoms with van der Waals surface area (Å²) in [7, 11) is 0. The summed E-state index contributed by atoms with van der Waals surface area (Å²) >= 11 is 3.22. The number of nitrogens with zero attached hydrogens (tertiary/aromatic N) is 1. The van der Waals surface area contributed by atoms with Crippen LogP contribution in [0.4, 0.5) is 0 Å². The summed E-state index contributed by atoms with van der Waals surface area (Å²) < 4.78 is 5.78. The van der Waals surface area contributed by atoms with Gasteiger partial charge in [0.1, 0.15) is 0 Å². The average Bonchev–Trinajstić information content (AvgIpc) is 2.25. The quantitative estimate of drug-likeness (QED) is 0.890. The highest BCUT2D eigenvalue weighted by atomic mass is 79.9. The molecule has 0 aliphatic rings.